The summed E-state index contributed by atoms with van der Waals surface area (Å²) in [7, 11) is 3.21. The summed E-state index contributed by atoms with van der Waals surface area (Å²) in [6.45, 7) is 8.15. The second kappa shape index (κ2) is 10.6. The summed E-state index contributed by atoms with van der Waals surface area (Å²) in [6, 6.07) is 8.54. The minimum Gasteiger partial charge on any atom is -0.356 e. The van der Waals surface area contributed by atoms with Gasteiger partial charge >= 0.3 is 0 Å². The van der Waals surface area contributed by atoms with Crippen molar-refractivity contribution in [2.75, 3.05) is 14.2 Å². The first kappa shape index (κ1) is 18.8. The van der Waals surface area contributed by atoms with Gasteiger partial charge in [-0.3, -0.25) is 0 Å². The molecule has 0 radical (unpaired) electrons. The highest BCUT2D eigenvalue weighted by atomic mass is 16.7. The molecule has 0 amide bonds. The van der Waals surface area contributed by atoms with Gasteiger partial charge in [0.1, 0.15) is 6.29 Å². The molecule has 1 rings (SSSR count). The molecule has 1 aromatic rings. The van der Waals surface area contributed by atoms with Crippen LogP contribution >= 0.6 is 0 Å². The predicted molar refractivity (Wildman–Crippen MR) is 82.9 cm³/mol. The third-order valence-electron chi connectivity index (χ3n) is 3.10. The van der Waals surface area contributed by atoms with Crippen LogP contribution in [0.1, 0.15) is 44.7 Å². The van der Waals surface area contributed by atoms with Gasteiger partial charge in [0.2, 0.25) is 0 Å². The lowest BCUT2D eigenvalue weighted by Crippen LogP contribution is -2.05. The van der Waals surface area contributed by atoms with Gasteiger partial charge in [-0.1, -0.05) is 45.0 Å². The van der Waals surface area contributed by atoms with Crippen LogP contribution in [0.5, 0.6) is 0 Å². The van der Waals surface area contributed by atoms with Gasteiger partial charge < -0.3 is 14.3 Å². The molecule has 0 saturated heterocycles. The summed E-state index contributed by atoms with van der Waals surface area (Å²) in [5, 5.41) is 0. The fraction of sp³-hybridized carbons (Fsp3) is 0.588. The van der Waals surface area contributed by atoms with E-state index >= 15 is 0 Å². The predicted octanol–water partition coefficient (Wildman–Crippen LogP) is 3.81. The summed E-state index contributed by atoms with van der Waals surface area (Å²) in [5.74, 6) is 0.701. The van der Waals surface area contributed by atoms with Crippen LogP contribution in [-0.2, 0) is 20.7 Å². The third-order valence-corrected chi connectivity index (χ3v) is 3.10. The molecule has 114 valence electrons. The molecule has 0 bridgehead atoms. The fourth-order valence-corrected chi connectivity index (χ4v) is 1.55. The van der Waals surface area contributed by atoms with Gasteiger partial charge in [0.05, 0.1) is 0 Å². The van der Waals surface area contributed by atoms with Crippen molar-refractivity contribution in [2.24, 2.45) is 5.92 Å². The van der Waals surface area contributed by atoms with Crippen molar-refractivity contribution < 1.29 is 14.3 Å². The minimum absolute atomic E-state index is 0.0648. The van der Waals surface area contributed by atoms with Crippen molar-refractivity contribution in [2.45, 2.75) is 46.3 Å². The van der Waals surface area contributed by atoms with Crippen LogP contribution in [0, 0.1) is 5.92 Å². The van der Waals surface area contributed by atoms with E-state index in [4.69, 9.17) is 0 Å². The second-order valence-electron chi connectivity index (χ2n) is 5.25. The quantitative estimate of drug-likeness (QED) is 0.587. The molecule has 1 unspecified atom stereocenters. The molecule has 0 aliphatic heterocycles. The van der Waals surface area contributed by atoms with Crippen LogP contribution in [0.2, 0.25) is 0 Å². The highest BCUT2D eigenvalue weighted by Crippen LogP contribution is 2.16. The smallest absolute Gasteiger partial charge is 0.154 e. The monoisotopic (exact) mass is 280 g/mol. The second-order valence-corrected chi connectivity index (χ2v) is 5.25. The summed E-state index contributed by atoms with van der Waals surface area (Å²) < 4.78 is 9.35. The molecule has 1 atom stereocenters. The highest BCUT2D eigenvalue weighted by molar-refractivity contribution is 5.53. The Morgan fingerprint density at radius 3 is 1.80 bits per heavy atom. The normalized spacial score (nSPS) is 12.0. The summed E-state index contributed by atoms with van der Waals surface area (Å²) >= 11 is 0. The van der Waals surface area contributed by atoms with Crippen molar-refractivity contribution >= 4 is 6.29 Å². The Morgan fingerprint density at radius 1 is 1.00 bits per heavy atom. The van der Waals surface area contributed by atoms with Gasteiger partial charge in [-0.25, -0.2) is 0 Å². The van der Waals surface area contributed by atoms with E-state index in [-0.39, 0.29) is 12.2 Å². The highest BCUT2D eigenvalue weighted by Gasteiger charge is 2.02. The number of hydrogen-bond donors (Lipinski definition) is 0. The molecule has 1 aromatic carbocycles. The molecular weight excluding hydrogens is 252 g/mol. The maximum Gasteiger partial charge on any atom is 0.154 e. The Bertz CT molecular complexity index is 353. The first-order valence-electron chi connectivity index (χ1n) is 7.04. The van der Waals surface area contributed by atoms with Gasteiger partial charge in [0, 0.05) is 20.1 Å². The molecule has 0 aliphatic carbocycles. The molecule has 0 saturated carbocycles. The van der Waals surface area contributed by atoms with Crippen LogP contribution in [0.3, 0.4) is 0 Å². The molecule has 0 aliphatic rings. The minimum atomic E-state index is -0.0648. The van der Waals surface area contributed by atoms with Crippen molar-refractivity contribution in [1.29, 1.82) is 0 Å². The molecule has 0 heterocycles. The number of carbonyl (C=O) groups excluding carboxylic acids is 1. The van der Waals surface area contributed by atoms with Gasteiger partial charge in [0.15, 0.2) is 6.29 Å². The van der Waals surface area contributed by atoms with Crippen LogP contribution in [0.4, 0.5) is 0 Å². The molecule has 0 fully saturated rings. The van der Waals surface area contributed by atoms with Crippen LogP contribution in [0.15, 0.2) is 24.3 Å². The van der Waals surface area contributed by atoms with Gasteiger partial charge in [-0.2, -0.15) is 0 Å². The zero-order chi connectivity index (χ0) is 15.5. The Morgan fingerprint density at radius 2 is 1.50 bits per heavy atom. The first-order valence-corrected chi connectivity index (χ1v) is 7.04. The SMILES string of the molecule is CC(C=O)Cc1ccc(C(C)C)cc1.COC(C)OC. The van der Waals surface area contributed by atoms with Crippen molar-refractivity contribution in [1.82, 2.24) is 0 Å². The van der Waals surface area contributed by atoms with E-state index in [2.05, 4.69) is 47.6 Å². The van der Waals surface area contributed by atoms with E-state index < -0.39 is 0 Å². The Labute approximate surface area is 123 Å². The Balaban J connectivity index is 0.000000511. The molecule has 20 heavy (non-hydrogen) atoms. The van der Waals surface area contributed by atoms with E-state index in [1.807, 2.05) is 13.8 Å². The van der Waals surface area contributed by atoms with Crippen molar-refractivity contribution in [3.63, 3.8) is 0 Å². The van der Waals surface area contributed by atoms with E-state index in [0.29, 0.717) is 5.92 Å². The number of carbonyl (C=O) groups is 1. The Kier molecular flexibility index (Phi) is 9.95. The van der Waals surface area contributed by atoms with Crippen LogP contribution < -0.4 is 0 Å². The van der Waals surface area contributed by atoms with Gasteiger partial charge in [-0.15, -0.1) is 0 Å². The zero-order valence-electron chi connectivity index (χ0n) is 13.6. The number of hydrogen-bond acceptors (Lipinski definition) is 3. The van der Waals surface area contributed by atoms with Crippen LogP contribution in [0.25, 0.3) is 0 Å². The molecule has 0 aromatic heterocycles. The summed E-state index contributed by atoms with van der Waals surface area (Å²) in [4.78, 5) is 10.5. The molecule has 3 heteroatoms. The standard InChI is InChI=1S/C13H18O.C4H10O2/c1-10(2)13-6-4-12(5-7-13)8-11(3)9-14;1-4(5-2)6-3/h4-7,9-11H,8H2,1-3H3;4H,1-3H3. The lowest BCUT2D eigenvalue weighted by Gasteiger charge is -2.07. The first-order chi connectivity index (χ1) is 9.44. The molecular formula is C17H28O3. The molecule has 0 spiro atoms. The van der Waals surface area contributed by atoms with Gasteiger partial charge in [-0.05, 0) is 30.4 Å². The number of ether oxygens (including phenoxy) is 2. The lowest BCUT2D eigenvalue weighted by atomic mass is 9.98. The van der Waals surface area contributed by atoms with Gasteiger partial charge in [0.25, 0.3) is 0 Å². The number of rotatable bonds is 6. The fourth-order valence-electron chi connectivity index (χ4n) is 1.55. The Hall–Kier alpha value is -1.19. The number of benzene rings is 1. The van der Waals surface area contributed by atoms with E-state index in [0.717, 1.165) is 12.7 Å². The average Bonchev–Trinajstić information content (AvgIpc) is 2.47. The summed E-state index contributed by atoms with van der Waals surface area (Å²) in [5.41, 5.74) is 2.60. The third kappa shape index (κ3) is 8.08. The summed E-state index contributed by atoms with van der Waals surface area (Å²) in [6.07, 6.45) is 1.79. The largest absolute Gasteiger partial charge is 0.356 e. The number of aldehydes is 1. The van der Waals surface area contributed by atoms with Crippen LogP contribution in [-0.4, -0.2) is 26.8 Å². The lowest BCUT2D eigenvalue weighted by molar-refractivity contribution is -0.110. The average molecular weight is 280 g/mol. The molecule has 0 N–H and O–H groups in total. The molecule has 3 nitrogen and oxygen atoms in total. The van der Waals surface area contributed by atoms with E-state index in [1.165, 1.54) is 11.1 Å². The topological polar surface area (TPSA) is 35.5 Å². The maximum atomic E-state index is 10.5. The van der Waals surface area contributed by atoms with Crippen molar-refractivity contribution in [3.8, 4) is 0 Å². The number of methoxy groups -OCH3 is 2. The van der Waals surface area contributed by atoms with E-state index in [9.17, 15) is 4.79 Å². The maximum absolute atomic E-state index is 10.5. The van der Waals surface area contributed by atoms with E-state index in [1.54, 1.807) is 14.2 Å². The van der Waals surface area contributed by atoms with Crippen molar-refractivity contribution in [3.05, 3.63) is 35.4 Å². The zero-order valence-corrected chi connectivity index (χ0v) is 13.6.